The molecule has 0 aliphatic heterocycles. The molecule has 0 aliphatic rings. The maximum Gasteiger partial charge on any atom is 0.248 e. The first-order valence-corrected chi connectivity index (χ1v) is 10.7. The predicted molar refractivity (Wildman–Crippen MR) is 119 cm³/mol. The van der Waals surface area contributed by atoms with Crippen LogP contribution in [0.25, 0.3) is 10.9 Å². The second-order valence-corrected chi connectivity index (χ2v) is 7.49. The average Bonchev–Trinajstić information content (AvgIpc) is 3.19. The molecule has 0 aliphatic carbocycles. The van der Waals surface area contributed by atoms with Gasteiger partial charge in [-0.25, -0.2) is 5.48 Å². The number of fused-ring (bicyclic) bond motifs is 1. The number of amides is 3. The van der Waals surface area contributed by atoms with E-state index in [1.165, 1.54) is 7.05 Å². The van der Waals surface area contributed by atoms with Gasteiger partial charge in [-0.15, -0.1) is 0 Å². The van der Waals surface area contributed by atoms with Crippen molar-refractivity contribution in [3.05, 3.63) is 47.7 Å². The lowest BCUT2D eigenvalue weighted by Gasteiger charge is -2.18. The number of aromatic amines is 1. The van der Waals surface area contributed by atoms with Crippen LogP contribution in [-0.2, 0) is 20.8 Å². The van der Waals surface area contributed by atoms with E-state index in [-0.39, 0.29) is 17.9 Å². The highest BCUT2D eigenvalue weighted by molar-refractivity contribution is 6.00. The summed E-state index contributed by atoms with van der Waals surface area (Å²) < 4.78 is 0. The Morgan fingerprint density at radius 3 is 2.65 bits per heavy atom. The Labute approximate surface area is 182 Å². The molecule has 2 rings (SSSR count). The van der Waals surface area contributed by atoms with Crippen LogP contribution in [0.2, 0.25) is 0 Å². The zero-order valence-electron chi connectivity index (χ0n) is 18.2. The second kappa shape index (κ2) is 12.5. The van der Waals surface area contributed by atoms with Crippen LogP contribution in [0.15, 0.2) is 42.1 Å². The van der Waals surface area contributed by atoms with Gasteiger partial charge in [0.1, 0.15) is 6.04 Å². The number of allylic oxidation sites excluding steroid dienone is 1. The number of aromatic nitrogens is 1. The summed E-state index contributed by atoms with van der Waals surface area (Å²) in [6.45, 7) is 2.12. The van der Waals surface area contributed by atoms with E-state index < -0.39 is 17.9 Å². The molecule has 3 amide bonds. The fourth-order valence-corrected chi connectivity index (χ4v) is 3.46. The molecule has 1 atom stereocenters. The standard InChI is InChI=1S/C23H32N4O4/c1-3-4-5-6-7-10-16(14-21(28)27-31)22(29)26-20(23(30)24-2)13-17-15-25-19-12-9-8-11-18(17)19/h8-12,15,20,25,31H,3-7,13-14H2,1-2H3,(H,24,30)(H,26,29)(H,27,28)/b16-10-/t20-/m0/s1. The van der Waals surface area contributed by atoms with Gasteiger partial charge in [-0.3, -0.25) is 19.6 Å². The first-order chi connectivity index (χ1) is 15.0. The largest absolute Gasteiger partial charge is 0.361 e. The van der Waals surface area contributed by atoms with Crippen molar-refractivity contribution < 1.29 is 19.6 Å². The number of hydroxylamine groups is 1. The van der Waals surface area contributed by atoms with Crippen LogP contribution in [-0.4, -0.2) is 41.0 Å². The van der Waals surface area contributed by atoms with Gasteiger partial charge in [-0.1, -0.05) is 50.5 Å². The molecule has 168 valence electrons. The van der Waals surface area contributed by atoms with E-state index >= 15 is 0 Å². The fraction of sp³-hybridized carbons (Fsp3) is 0.435. The van der Waals surface area contributed by atoms with Crippen LogP contribution in [0, 0.1) is 0 Å². The summed E-state index contributed by atoms with van der Waals surface area (Å²) in [5.41, 5.74) is 3.65. The lowest BCUT2D eigenvalue weighted by Crippen LogP contribution is -2.47. The number of H-pyrrole nitrogens is 1. The van der Waals surface area contributed by atoms with Gasteiger partial charge in [-0.05, 0) is 24.5 Å². The molecule has 1 aromatic carbocycles. The highest BCUT2D eigenvalue weighted by atomic mass is 16.5. The van der Waals surface area contributed by atoms with Crippen molar-refractivity contribution in [2.75, 3.05) is 7.05 Å². The zero-order valence-corrected chi connectivity index (χ0v) is 18.2. The lowest BCUT2D eigenvalue weighted by atomic mass is 10.0. The Bertz CT molecular complexity index is 919. The van der Waals surface area contributed by atoms with E-state index in [9.17, 15) is 14.4 Å². The van der Waals surface area contributed by atoms with Gasteiger partial charge in [0, 0.05) is 36.1 Å². The number of hydrogen-bond donors (Lipinski definition) is 5. The number of rotatable bonds is 12. The highest BCUT2D eigenvalue weighted by Crippen LogP contribution is 2.19. The van der Waals surface area contributed by atoms with Gasteiger partial charge in [-0.2, -0.15) is 0 Å². The summed E-state index contributed by atoms with van der Waals surface area (Å²) in [6, 6.07) is 6.93. The van der Waals surface area contributed by atoms with Crippen LogP contribution in [0.1, 0.15) is 51.0 Å². The van der Waals surface area contributed by atoms with Crippen LogP contribution >= 0.6 is 0 Å². The molecule has 31 heavy (non-hydrogen) atoms. The van der Waals surface area contributed by atoms with Crippen molar-refractivity contribution in [3.8, 4) is 0 Å². The lowest BCUT2D eigenvalue weighted by molar-refractivity contribution is -0.130. The molecule has 0 saturated carbocycles. The van der Waals surface area contributed by atoms with Crippen LogP contribution < -0.4 is 16.1 Å². The summed E-state index contributed by atoms with van der Waals surface area (Å²) in [5, 5.41) is 15.2. The van der Waals surface area contributed by atoms with E-state index in [0.29, 0.717) is 12.8 Å². The molecule has 0 spiro atoms. The van der Waals surface area contributed by atoms with Crippen molar-refractivity contribution in [1.29, 1.82) is 0 Å². The minimum atomic E-state index is -0.808. The number of hydrogen-bond acceptors (Lipinski definition) is 4. The van der Waals surface area contributed by atoms with Gasteiger partial charge < -0.3 is 15.6 Å². The minimum Gasteiger partial charge on any atom is -0.361 e. The smallest absolute Gasteiger partial charge is 0.248 e. The van der Waals surface area contributed by atoms with Gasteiger partial charge in [0.25, 0.3) is 0 Å². The van der Waals surface area contributed by atoms with E-state index in [2.05, 4.69) is 22.5 Å². The van der Waals surface area contributed by atoms with Crippen molar-refractivity contribution in [1.82, 2.24) is 21.1 Å². The Hall–Kier alpha value is -3.13. The maximum absolute atomic E-state index is 12.9. The van der Waals surface area contributed by atoms with E-state index in [0.717, 1.165) is 42.1 Å². The Balaban J connectivity index is 2.15. The van der Waals surface area contributed by atoms with Crippen molar-refractivity contribution >= 4 is 28.6 Å². The van der Waals surface area contributed by atoms with Crippen molar-refractivity contribution in [2.24, 2.45) is 0 Å². The molecule has 8 heteroatoms. The zero-order chi connectivity index (χ0) is 22.6. The third-order valence-electron chi connectivity index (χ3n) is 5.18. The first kappa shape index (κ1) is 24.1. The minimum absolute atomic E-state index is 0.232. The quantitative estimate of drug-likeness (QED) is 0.154. The Kier molecular flexibility index (Phi) is 9.77. The van der Waals surface area contributed by atoms with Gasteiger partial charge in [0.05, 0.1) is 6.42 Å². The Morgan fingerprint density at radius 2 is 1.94 bits per heavy atom. The molecular formula is C23H32N4O4. The number of carbonyl (C=O) groups excluding carboxylic acids is 3. The van der Waals surface area contributed by atoms with Crippen molar-refractivity contribution in [2.45, 2.75) is 57.9 Å². The molecule has 1 aromatic heterocycles. The van der Waals surface area contributed by atoms with Crippen LogP contribution in [0.3, 0.4) is 0 Å². The monoisotopic (exact) mass is 428 g/mol. The molecule has 1 heterocycles. The van der Waals surface area contributed by atoms with Gasteiger partial charge >= 0.3 is 0 Å². The summed E-state index contributed by atoms with van der Waals surface area (Å²) in [6.07, 6.45) is 8.38. The number of carbonyl (C=O) groups is 3. The number of nitrogens with one attached hydrogen (secondary N) is 4. The molecule has 0 saturated heterocycles. The molecule has 5 N–H and O–H groups in total. The highest BCUT2D eigenvalue weighted by Gasteiger charge is 2.24. The fourth-order valence-electron chi connectivity index (χ4n) is 3.46. The summed E-state index contributed by atoms with van der Waals surface area (Å²) >= 11 is 0. The summed E-state index contributed by atoms with van der Waals surface area (Å²) in [5.74, 6) is -1.50. The van der Waals surface area contributed by atoms with Gasteiger partial charge in [0.15, 0.2) is 0 Å². The molecule has 2 aromatic rings. The number of unbranched alkanes of at least 4 members (excludes halogenated alkanes) is 4. The van der Waals surface area contributed by atoms with E-state index in [4.69, 9.17) is 5.21 Å². The molecule has 0 unspecified atom stereocenters. The number of benzene rings is 1. The van der Waals surface area contributed by atoms with Crippen molar-refractivity contribution in [3.63, 3.8) is 0 Å². The third-order valence-corrected chi connectivity index (χ3v) is 5.18. The third kappa shape index (κ3) is 7.25. The molecule has 8 nitrogen and oxygen atoms in total. The maximum atomic E-state index is 12.9. The Morgan fingerprint density at radius 1 is 1.16 bits per heavy atom. The van der Waals surface area contributed by atoms with Gasteiger partial charge in [0.2, 0.25) is 17.7 Å². The van der Waals surface area contributed by atoms with E-state index in [1.54, 1.807) is 11.6 Å². The van der Waals surface area contributed by atoms with Crippen LogP contribution in [0.4, 0.5) is 0 Å². The second-order valence-electron chi connectivity index (χ2n) is 7.49. The topological polar surface area (TPSA) is 123 Å². The molecule has 0 fully saturated rings. The summed E-state index contributed by atoms with van der Waals surface area (Å²) in [4.78, 5) is 40.2. The van der Waals surface area contributed by atoms with Crippen LogP contribution in [0.5, 0.6) is 0 Å². The molecule has 0 bridgehead atoms. The number of para-hydroxylation sites is 1. The first-order valence-electron chi connectivity index (χ1n) is 10.7. The van der Waals surface area contributed by atoms with E-state index in [1.807, 2.05) is 30.5 Å². The molecule has 0 radical (unpaired) electrons. The summed E-state index contributed by atoms with van der Waals surface area (Å²) in [7, 11) is 1.51. The predicted octanol–water partition coefficient (Wildman–Crippen LogP) is 2.73. The SMILES string of the molecule is CCCCCC/C=C(/CC(=O)NO)C(=O)N[C@@H](Cc1c[nH]c2ccccc12)C(=O)NC. The normalized spacial score (nSPS) is 12.4. The molecular weight excluding hydrogens is 396 g/mol. The average molecular weight is 429 g/mol. The number of likely N-dealkylation sites (N-methyl/N-ethyl adjacent to an activating group) is 1.